The molecule has 0 aliphatic heterocycles. The number of nitrogens with one attached hydrogen (secondary N) is 2. The minimum Gasteiger partial charge on any atom is -0.497 e. The Morgan fingerprint density at radius 1 is 0.943 bits per heavy atom. The first kappa shape index (κ1) is 23.7. The van der Waals surface area contributed by atoms with Gasteiger partial charge >= 0.3 is 12.0 Å². The van der Waals surface area contributed by atoms with E-state index in [4.69, 9.17) is 14.2 Å². The van der Waals surface area contributed by atoms with Gasteiger partial charge in [-0.05, 0) is 66.7 Å². The minimum atomic E-state index is -0.409. The van der Waals surface area contributed by atoms with E-state index in [1.165, 1.54) is 12.1 Å². The number of carbonyl (C=O) groups is 1. The summed E-state index contributed by atoms with van der Waals surface area (Å²) in [7, 11) is 3.15. The molecule has 1 heterocycles. The van der Waals surface area contributed by atoms with Gasteiger partial charge in [-0.15, -0.1) is 5.10 Å². The monoisotopic (exact) mass is 477 g/mol. The molecule has 1 aromatic heterocycles. The molecule has 3 aromatic carbocycles. The van der Waals surface area contributed by atoms with Gasteiger partial charge in [0.1, 0.15) is 18.2 Å². The van der Waals surface area contributed by atoms with Gasteiger partial charge in [0.25, 0.3) is 0 Å². The molecular weight excluding hydrogens is 453 g/mol. The van der Waals surface area contributed by atoms with Gasteiger partial charge in [0.15, 0.2) is 5.82 Å². The van der Waals surface area contributed by atoms with Crippen molar-refractivity contribution in [1.82, 2.24) is 14.8 Å². The highest BCUT2D eigenvalue weighted by atomic mass is 19.1. The molecule has 35 heavy (non-hydrogen) atoms. The number of rotatable bonds is 9. The smallest absolute Gasteiger partial charge is 0.336 e. The molecule has 4 rings (SSSR count). The first-order valence-electron chi connectivity index (χ1n) is 10.7. The molecule has 180 valence electrons. The maximum atomic E-state index is 13.5. The zero-order chi connectivity index (χ0) is 24.6. The fourth-order valence-electron chi connectivity index (χ4n) is 3.22. The average molecular weight is 477 g/mol. The van der Waals surface area contributed by atoms with Gasteiger partial charge < -0.3 is 24.8 Å². The van der Waals surface area contributed by atoms with Crippen LogP contribution in [0.3, 0.4) is 0 Å². The maximum absolute atomic E-state index is 13.5. The van der Waals surface area contributed by atoms with Crippen LogP contribution in [-0.4, -0.2) is 48.2 Å². The van der Waals surface area contributed by atoms with Crippen LogP contribution in [0.1, 0.15) is 0 Å². The number of amides is 2. The molecule has 0 atom stereocenters. The minimum absolute atomic E-state index is 0.150. The van der Waals surface area contributed by atoms with Gasteiger partial charge in [0.2, 0.25) is 0 Å². The van der Waals surface area contributed by atoms with Crippen molar-refractivity contribution >= 4 is 17.4 Å². The Bertz CT molecular complexity index is 1280. The Labute approximate surface area is 201 Å². The van der Waals surface area contributed by atoms with Gasteiger partial charge in [-0.2, -0.15) is 4.98 Å². The lowest BCUT2D eigenvalue weighted by Crippen LogP contribution is -2.19. The first-order chi connectivity index (χ1) is 17.1. The van der Waals surface area contributed by atoms with E-state index in [2.05, 4.69) is 20.7 Å². The summed E-state index contributed by atoms with van der Waals surface area (Å²) in [5, 5.41) is 10.0. The second-order valence-electron chi connectivity index (χ2n) is 7.34. The zero-order valence-corrected chi connectivity index (χ0v) is 19.2. The molecule has 2 amide bonds. The van der Waals surface area contributed by atoms with Gasteiger partial charge in [-0.1, -0.05) is 6.07 Å². The number of hydrogen-bond acceptors (Lipinski definition) is 6. The third kappa shape index (κ3) is 6.12. The fourth-order valence-corrected chi connectivity index (χ4v) is 3.22. The third-order valence-corrected chi connectivity index (χ3v) is 4.91. The summed E-state index contributed by atoms with van der Waals surface area (Å²) in [6.45, 7) is 0.652. The quantitative estimate of drug-likeness (QED) is 0.338. The standard InChI is InChI=1S/C25H24FN5O4/c1-33-14-15-35-25-29-23(17-6-8-18(26)9-7-17)31(30-25)21-5-3-4-20(16-21)28-24(32)27-19-10-12-22(34-2)13-11-19/h3-13,16H,14-15H2,1-2H3,(H2,27,28,32). The summed E-state index contributed by atoms with van der Waals surface area (Å²) >= 11 is 0. The Morgan fingerprint density at radius 2 is 1.69 bits per heavy atom. The molecule has 0 saturated carbocycles. The molecule has 0 saturated heterocycles. The van der Waals surface area contributed by atoms with Gasteiger partial charge in [0, 0.05) is 24.0 Å². The molecule has 4 aromatic rings. The van der Waals surface area contributed by atoms with Crippen LogP contribution in [0.2, 0.25) is 0 Å². The molecule has 2 N–H and O–H groups in total. The fraction of sp³-hybridized carbons (Fsp3) is 0.160. The number of methoxy groups -OCH3 is 2. The highest BCUT2D eigenvalue weighted by molar-refractivity contribution is 5.99. The molecule has 9 nitrogen and oxygen atoms in total. The number of carbonyl (C=O) groups excluding carboxylic acids is 1. The van der Waals surface area contributed by atoms with E-state index >= 15 is 0 Å². The predicted molar refractivity (Wildman–Crippen MR) is 130 cm³/mol. The predicted octanol–water partition coefficient (Wildman–Crippen LogP) is 4.75. The van der Waals surface area contributed by atoms with Crippen LogP contribution in [-0.2, 0) is 4.74 Å². The molecule has 0 aliphatic carbocycles. The van der Waals surface area contributed by atoms with Crippen LogP contribution in [0.5, 0.6) is 11.8 Å². The number of aromatic nitrogens is 3. The summed E-state index contributed by atoms with van der Waals surface area (Å²) in [6, 6.07) is 19.7. The lowest BCUT2D eigenvalue weighted by Gasteiger charge is -2.10. The van der Waals surface area contributed by atoms with Crippen LogP contribution in [0.4, 0.5) is 20.6 Å². The third-order valence-electron chi connectivity index (χ3n) is 4.91. The second kappa shape index (κ2) is 11.1. The number of benzene rings is 3. The Balaban J connectivity index is 1.57. The zero-order valence-electron chi connectivity index (χ0n) is 19.2. The Kier molecular flexibility index (Phi) is 7.53. The van der Waals surface area contributed by atoms with Crippen molar-refractivity contribution in [2.24, 2.45) is 0 Å². The lowest BCUT2D eigenvalue weighted by molar-refractivity contribution is 0.141. The molecule has 0 radical (unpaired) electrons. The van der Waals surface area contributed by atoms with E-state index < -0.39 is 6.03 Å². The highest BCUT2D eigenvalue weighted by Gasteiger charge is 2.16. The number of urea groups is 1. The van der Waals surface area contributed by atoms with Crippen molar-refractivity contribution in [3.63, 3.8) is 0 Å². The Morgan fingerprint density at radius 3 is 2.40 bits per heavy atom. The first-order valence-corrected chi connectivity index (χ1v) is 10.7. The van der Waals surface area contributed by atoms with E-state index in [9.17, 15) is 9.18 Å². The molecular formula is C25H24FN5O4. The van der Waals surface area contributed by atoms with Crippen LogP contribution < -0.4 is 20.1 Å². The van der Waals surface area contributed by atoms with Crippen molar-refractivity contribution < 1.29 is 23.4 Å². The van der Waals surface area contributed by atoms with Gasteiger partial charge in [-0.25, -0.2) is 13.9 Å². The van der Waals surface area contributed by atoms with E-state index in [-0.39, 0.29) is 18.4 Å². The van der Waals surface area contributed by atoms with Crippen molar-refractivity contribution in [3.05, 3.63) is 78.6 Å². The van der Waals surface area contributed by atoms with Crippen molar-refractivity contribution in [2.75, 3.05) is 38.1 Å². The van der Waals surface area contributed by atoms with E-state index in [1.54, 1.807) is 73.5 Å². The second-order valence-corrected chi connectivity index (χ2v) is 7.34. The summed E-state index contributed by atoms with van der Waals surface area (Å²) in [4.78, 5) is 17.0. The summed E-state index contributed by atoms with van der Waals surface area (Å²) < 4.78 is 30.8. The van der Waals surface area contributed by atoms with Crippen LogP contribution in [0.15, 0.2) is 72.8 Å². The Hall–Kier alpha value is -4.44. The summed E-state index contributed by atoms with van der Waals surface area (Å²) in [6.07, 6.45) is 0. The summed E-state index contributed by atoms with van der Waals surface area (Å²) in [5.74, 6) is 0.793. The number of anilines is 2. The normalized spacial score (nSPS) is 10.6. The number of halogens is 1. The van der Waals surface area contributed by atoms with E-state index in [1.807, 2.05) is 6.07 Å². The molecule has 0 spiro atoms. The van der Waals surface area contributed by atoms with Gasteiger partial charge in [-0.3, -0.25) is 0 Å². The number of hydrogen-bond donors (Lipinski definition) is 2. The summed E-state index contributed by atoms with van der Waals surface area (Å²) in [5.41, 5.74) is 2.43. The average Bonchev–Trinajstić information content (AvgIpc) is 3.29. The highest BCUT2D eigenvalue weighted by Crippen LogP contribution is 2.25. The van der Waals surface area contributed by atoms with Gasteiger partial charge in [0.05, 0.1) is 19.4 Å². The van der Waals surface area contributed by atoms with E-state index in [0.29, 0.717) is 40.8 Å². The molecule has 0 unspecified atom stereocenters. The van der Waals surface area contributed by atoms with E-state index in [0.717, 1.165) is 0 Å². The van der Waals surface area contributed by atoms with Crippen molar-refractivity contribution in [2.45, 2.75) is 0 Å². The molecule has 0 bridgehead atoms. The van der Waals surface area contributed by atoms with Crippen LogP contribution in [0, 0.1) is 5.82 Å². The SMILES string of the molecule is COCCOc1nc(-c2ccc(F)cc2)n(-c2cccc(NC(=O)Nc3ccc(OC)cc3)c2)n1. The topological polar surface area (TPSA) is 99.5 Å². The number of ether oxygens (including phenoxy) is 3. The molecule has 10 heteroatoms. The number of nitrogens with zero attached hydrogens (tertiary/aromatic N) is 3. The maximum Gasteiger partial charge on any atom is 0.336 e. The van der Waals surface area contributed by atoms with Crippen molar-refractivity contribution in [1.29, 1.82) is 0 Å². The molecule has 0 aliphatic rings. The van der Waals surface area contributed by atoms with Crippen LogP contribution >= 0.6 is 0 Å². The lowest BCUT2D eigenvalue weighted by atomic mass is 10.2. The molecule has 0 fully saturated rings. The van der Waals surface area contributed by atoms with Crippen molar-refractivity contribution in [3.8, 4) is 28.8 Å². The van der Waals surface area contributed by atoms with Crippen LogP contribution in [0.25, 0.3) is 17.1 Å². The largest absolute Gasteiger partial charge is 0.497 e.